The summed E-state index contributed by atoms with van der Waals surface area (Å²) in [7, 11) is 0. The Bertz CT molecular complexity index is 1260. The Labute approximate surface area is 218 Å². The molecule has 0 bridgehead atoms. The Morgan fingerprint density at radius 2 is 1.00 bits per heavy atom. The predicted octanol–water partition coefficient (Wildman–Crippen LogP) is 7.77. The molecule has 0 N–H and O–H groups in total. The van der Waals surface area contributed by atoms with Crippen molar-refractivity contribution in [2.24, 2.45) is 0 Å². The van der Waals surface area contributed by atoms with Crippen LogP contribution >= 0.6 is 0 Å². The molecule has 188 valence electrons. The Morgan fingerprint density at radius 1 is 0.611 bits per heavy atom. The third-order valence-electron chi connectivity index (χ3n) is 5.59. The van der Waals surface area contributed by atoms with Gasteiger partial charge in [0.05, 0.1) is 0 Å². The third kappa shape index (κ3) is 5.86. The van der Waals surface area contributed by atoms with Gasteiger partial charge in [0.1, 0.15) is 0 Å². The molecule has 0 amide bonds. The summed E-state index contributed by atoms with van der Waals surface area (Å²) in [5, 5.41) is 0. The van der Waals surface area contributed by atoms with Crippen LogP contribution in [0.15, 0.2) is 72.8 Å². The van der Waals surface area contributed by atoms with E-state index in [0.29, 0.717) is 22.8 Å². The molecule has 0 aliphatic rings. The summed E-state index contributed by atoms with van der Waals surface area (Å²) in [6.07, 6.45) is -8.99. The van der Waals surface area contributed by atoms with Crippen molar-refractivity contribution in [2.75, 3.05) is 0 Å². The van der Waals surface area contributed by atoms with Crippen molar-refractivity contribution in [1.82, 2.24) is 9.97 Å². The summed E-state index contributed by atoms with van der Waals surface area (Å²) < 4.78 is 78.8. The van der Waals surface area contributed by atoms with Gasteiger partial charge in [-0.1, -0.05) is 24.3 Å². The van der Waals surface area contributed by atoms with E-state index in [-0.39, 0.29) is 32.2 Å². The molecule has 2 nitrogen and oxygen atoms in total. The van der Waals surface area contributed by atoms with E-state index in [1.807, 2.05) is 13.8 Å². The van der Waals surface area contributed by atoms with Crippen molar-refractivity contribution in [3.8, 4) is 22.5 Å². The summed E-state index contributed by atoms with van der Waals surface area (Å²) in [5.41, 5.74) is -0.357. The molecule has 0 atom stereocenters. The number of hydrogen-bond acceptors (Lipinski definition) is 2. The zero-order valence-electron chi connectivity index (χ0n) is 18.9. The number of alkyl halides is 6. The van der Waals surface area contributed by atoms with Gasteiger partial charge in [-0.2, -0.15) is 26.3 Å². The zero-order chi connectivity index (χ0) is 25.4. The monoisotopic (exact) mass is 679 g/mol. The SMILES string of the molecule is CC(C)(c1cccc(-c2[c-]ccc(C(F)(F)F)c2)n1)c1cccc(-c2[c-]ccc(C(F)(F)F)c2)n1.[Pt+2]. The van der Waals surface area contributed by atoms with Crippen molar-refractivity contribution in [3.63, 3.8) is 0 Å². The van der Waals surface area contributed by atoms with Gasteiger partial charge >= 0.3 is 33.4 Å². The number of hydrogen-bond donors (Lipinski definition) is 0. The van der Waals surface area contributed by atoms with Gasteiger partial charge in [-0.05, 0) is 48.5 Å². The van der Waals surface area contributed by atoms with Crippen LogP contribution in [0.5, 0.6) is 0 Å². The maximum atomic E-state index is 13.1. The summed E-state index contributed by atoms with van der Waals surface area (Å²) >= 11 is 0. The average Bonchev–Trinajstić information content (AvgIpc) is 2.83. The summed E-state index contributed by atoms with van der Waals surface area (Å²) in [6, 6.07) is 21.8. The van der Waals surface area contributed by atoms with Gasteiger partial charge in [0.25, 0.3) is 0 Å². The number of pyridine rings is 2. The number of benzene rings is 2. The summed E-state index contributed by atoms with van der Waals surface area (Å²) in [6.45, 7) is 3.66. The van der Waals surface area contributed by atoms with E-state index in [9.17, 15) is 26.3 Å². The van der Waals surface area contributed by atoms with E-state index in [1.54, 1.807) is 36.4 Å². The maximum absolute atomic E-state index is 13.1. The molecule has 2 aromatic carbocycles. The first-order chi connectivity index (χ1) is 16.4. The topological polar surface area (TPSA) is 25.8 Å². The molecule has 4 rings (SSSR count). The standard InChI is InChI=1S/C27H18F6N2.Pt/c1-25(2,23-13-5-11-21(34-23)17-7-3-9-19(15-17)26(28,29)30)24-14-6-12-22(35-24)18-8-4-10-20(16-18)27(31,32)33;/h3-6,9-16H,1-2H3;/q-2;+2. The number of halogens is 6. The fourth-order valence-corrected chi connectivity index (χ4v) is 3.58. The molecule has 0 saturated carbocycles. The second-order valence-corrected chi connectivity index (χ2v) is 8.42. The quantitative estimate of drug-likeness (QED) is 0.163. The van der Waals surface area contributed by atoms with Crippen LogP contribution in [-0.4, -0.2) is 9.97 Å². The molecule has 2 heterocycles. The van der Waals surface area contributed by atoms with Crippen LogP contribution in [0.3, 0.4) is 0 Å². The van der Waals surface area contributed by atoms with Gasteiger partial charge in [-0.15, -0.1) is 59.7 Å². The Kier molecular flexibility index (Phi) is 7.80. The summed E-state index contributed by atoms with van der Waals surface area (Å²) in [4.78, 5) is 9.14. The van der Waals surface area contributed by atoms with Gasteiger partial charge in [-0.3, -0.25) is 0 Å². The van der Waals surface area contributed by atoms with Crippen molar-refractivity contribution in [3.05, 3.63) is 107 Å². The first kappa shape index (κ1) is 27.6. The normalized spacial score (nSPS) is 12.2. The van der Waals surface area contributed by atoms with E-state index < -0.39 is 28.9 Å². The number of rotatable bonds is 4. The Morgan fingerprint density at radius 3 is 1.36 bits per heavy atom. The predicted molar refractivity (Wildman–Crippen MR) is 119 cm³/mol. The molecule has 0 radical (unpaired) electrons. The van der Waals surface area contributed by atoms with E-state index in [4.69, 9.17) is 0 Å². The summed E-state index contributed by atoms with van der Waals surface area (Å²) in [5.74, 6) is 0. The molecular formula is C27H18F6N2Pt. The van der Waals surface area contributed by atoms with Crippen LogP contribution < -0.4 is 0 Å². The van der Waals surface area contributed by atoms with Gasteiger partial charge in [0.15, 0.2) is 0 Å². The fourth-order valence-electron chi connectivity index (χ4n) is 3.58. The first-order valence-corrected chi connectivity index (χ1v) is 10.5. The minimum Gasteiger partial charge on any atom is -0.300 e. The van der Waals surface area contributed by atoms with E-state index in [1.165, 1.54) is 12.1 Å². The molecule has 0 aliphatic heterocycles. The molecule has 0 spiro atoms. The smallest absolute Gasteiger partial charge is 0.300 e. The van der Waals surface area contributed by atoms with Crippen LogP contribution in [0, 0.1) is 12.1 Å². The average molecular weight is 680 g/mol. The minimum absolute atomic E-state index is 0. The van der Waals surface area contributed by atoms with Crippen LogP contribution in [0.1, 0.15) is 36.4 Å². The van der Waals surface area contributed by atoms with E-state index in [2.05, 4.69) is 22.1 Å². The van der Waals surface area contributed by atoms with Gasteiger partial charge in [0.2, 0.25) is 0 Å². The number of aromatic nitrogens is 2. The largest absolute Gasteiger partial charge is 2.00 e. The molecule has 9 heteroatoms. The molecule has 4 aromatic rings. The Hall–Kier alpha value is -2.99. The van der Waals surface area contributed by atoms with E-state index >= 15 is 0 Å². The van der Waals surface area contributed by atoms with Gasteiger partial charge < -0.3 is 9.97 Å². The van der Waals surface area contributed by atoms with Crippen LogP contribution in [0.25, 0.3) is 22.5 Å². The molecule has 0 aliphatic carbocycles. The van der Waals surface area contributed by atoms with Crippen LogP contribution in [0.4, 0.5) is 26.3 Å². The van der Waals surface area contributed by atoms with E-state index in [0.717, 1.165) is 24.3 Å². The zero-order valence-corrected chi connectivity index (χ0v) is 21.2. The van der Waals surface area contributed by atoms with Gasteiger partial charge in [0, 0.05) is 16.8 Å². The number of nitrogens with zero attached hydrogens (tertiary/aromatic N) is 2. The molecule has 0 fully saturated rings. The third-order valence-corrected chi connectivity index (χ3v) is 5.59. The molecule has 2 aromatic heterocycles. The Balaban J connectivity index is 0.00000361. The van der Waals surface area contributed by atoms with Crippen LogP contribution in [0.2, 0.25) is 0 Å². The minimum atomic E-state index is -4.49. The van der Waals surface area contributed by atoms with Crippen molar-refractivity contribution < 1.29 is 47.4 Å². The van der Waals surface area contributed by atoms with Gasteiger partial charge in [-0.25, -0.2) is 0 Å². The molecule has 36 heavy (non-hydrogen) atoms. The molecular weight excluding hydrogens is 661 g/mol. The van der Waals surface area contributed by atoms with Crippen molar-refractivity contribution >= 4 is 0 Å². The van der Waals surface area contributed by atoms with Crippen molar-refractivity contribution in [2.45, 2.75) is 31.6 Å². The fraction of sp³-hybridized carbons (Fsp3) is 0.185. The first-order valence-electron chi connectivity index (χ1n) is 10.5. The molecule has 0 unspecified atom stereocenters. The van der Waals surface area contributed by atoms with Crippen molar-refractivity contribution in [1.29, 1.82) is 0 Å². The molecule has 0 saturated heterocycles. The van der Waals surface area contributed by atoms with Crippen LogP contribution in [-0.2, 0) is 38.8 Å². The maximum Gasteiger partial charge on any atom is 2.00 e. The second kappa shape index (κ2) is 10.2. The second-order valence-electron chi connectivity index (χ2n) is 8.42.